The number of hydrogen-bond donors (Lipinski definition) is 0. The summed E-state index contributed by atoms with van der Waals surface area (Å²) in [5, 5.41) is 4.88. The van der Waals surface area contributed by atoms with Gasteiger partial charge in [-0.05, 0) is 68.2 Å². The second kappa shape index (κ2) is 10.9. The lowest BCUT2D eigenvalue weighted by Crippen LogP contribution is -2.49. The summed E-state index contributed by atoms with van der Waals surface area (Å²) in [5.74, 6) is 0.349. The molecule has 1 amide bonds. The first-order valence-corrected chi connectivity index (χ1v) is 13.4. The predicted octanol–water partition coefficient (Wildman–Crippen LogP) is 5.98. The van der Waals surface area contributed by atoms with Gasteiger partial charge in [0.05, 0.1) is 5.69 Å². The molecule has 0 N–H and O–H groups in total. The summed E-state index contributed by atoms with van der Waals surface area (Å²) in [6, 6.07) is 7.28. The van der Waals surface area contributed by atoms with Crippen molar-refractivity contribution in [1.29, 1.82) is 0 Å². The molecule has 0 bridgehead atoms. The van der Waals surface area contributed by atoms with Crippen molar-refractivity contribution in [3.63, 3.8) is 0 Å². The highest BCUT2D eigenvalue weighted by Gasteiger charge is 2.26. The molecule has 1 saturated carbocycles. The van der Waals surface area contributed by atoms with Gasteiger partial charge in [0.15, 0.2) is 0 Å². The summed E-state index contributed by atoms with van der Waals surface area (Å²) < 4.78 is 15.8. The molecule has 1 aromatic heterocycles. The maximum atomic E-state index is 13.9. The van der Waals surface area contributed by atoms with Gasteiger partial charge in [0.1, 0.15) is 12.4 Å². The fourth-order valence-corrected chi connectivity index (χ4v) is 5.70. The van der Waals surface area contributed by atoms with E-state index in [0.717, 1.165) is 62.4 Å². The maximum absolute atomic E-state index is 13.9. The second-order valence-corrected chi connectivity index (χ2v) is 10.5. The number of aryl methyl sites for hydroxylation is 1. The Morgan fingerprint density at radius 3 is 2.58 bits per heavy atom. The first-order chi connectivity index (χ1) is 17.5. The number of carbonyl (C=O) groups is 1. The summed E-state index contributed by atoms with van der Waals surface area (Å²) >= 11 is 0. The molecule has 0 spiro atoms. The molecular weight excluding hydrogens is 451 g/mol. The van der Waals surface area contributed by atoms with Crippen LogP contribution in [0.15, 0.2) is 59.8 Å². The maximum Gasteiger partial charge on any atom is 0.244 e. The van der Waals surface area contributed by atoms with Crippen LogP contribution in [-0.4, -0.2) is 51.7 Å². The van der Waals surface area contributed by atoms with E-state index in [4.69, 9.17) is 5.10 Å². The number of hydrogen-bond acceptors (Lipinski definition) is 3. The van der Waals surface area contributed by atoms with Crippen LogP contribution in [0.5, 0.6) is 0 Å². The third-order valence-electron chi connectivity index (χ3n) is 7.83. The Balaban J connectivity index is 1.30. The highest BCUT2D eigenvalue weighted by molar-refractivity contribution is 5.76. The summed E-state index contributed by atoms with van der Waals surface area (Å²) in [6.45, 7) is 7.34. The van der Waals surface area contributed by atoms with E-state index in [1.165, 1.54) is 36.6 Å². The number of allylic oxidation sites excluding steroid dienone is 5. The van der Waals surface area contributed by atoms with Crippen molar-refractivity contribution in [2.75, 3.05) is 26.2 Å². The lowest BCUT2D eigenvalue weighted by molar-refractivity contribution is -0.133. The van der Waals surface area contributed by atoms with Crippen molar-refractivity contribution >= 4 is 5.91 Å². The van der Waals surface area contributed by atoms with Gasteiger partial charge in [0, 0.05) is 55.5 Å². The van der Waals surface area contributed by atoms with E-state index in [9.17, 15) is 9.18 Å². The van der Waals surface area contributed by atoms with Crippen molar-refractivity contribution in [2.45, 2.75) is 64.8 Å². The SMILES string of the molecule is CC1=CC=CCC(N2CCN(C(=O)Cn3nc(-c4ccc(F)c(C)c4)cc3C3CCCCC3)CC2)=C1. The van der Waals surface area contributed by atoms with Crippen LogP contribution < -0.4 is 0 Å². The van der Waals surface area contributed by atoms with Gasteiger partial charge in [0.2, 0.25) is 5.91 Å². The van der Waals surface area contributed by atoms with Gasteiger partial charge in [-0.15, -0.1) is 0 Å². The molecule has 190 valence electrons. The Morgan fingerprint density at radius 2 is 1.83 bits per heavy atom. The third kappa shape index (κ3) is 5.48. The van der Waals surface area contributed by atoms with E-state index in [1.807, 2.05) is 15.6 Å². The van der Waals surface area contributed by atoms with E-state index in [0.29, 0.717) is 11.5 Å². The van der Waals surface area contributed by atoms with Gasteiger partial charge < -0.3 is 9.80 Å². The fraction of sp³-hybridized carbons (Fsp3) is 0.467. The number of aromatic nitrogens is 2. The molecule has 5 nitrogen and oxygen atoms in total. The Bertz CT molecular complexity index is 1190. The van der Waals surface area contributed by atoms with E-state index in [1.54, 1.807) is 13.0 Å². The zero-order valence-electron chi connectivity index (χ0n) is 21.5. The Labute approximate surface area is 214 Å². The zero-order chi connectivity index (χ0) is 25.1. The normalized spacial score (nSPS) is 19.2. The molecular formula is C30H37FN4O. The lowest BCUT2D eigenvalue weighted by Gasteiger charge is -2.37. The minimum atomic E-state index is -0.207. The summed E-state index contributed by atoms with van der Waals surface area (Å²) in [4.78, 5) is 17.8. The molecule has 0 radical (unpaired) electrons. The smallest absolute Gasteiger partial charge is 0.244 e. The van der Waals surface area contributed by atoms with Crippen LogP contribution in [-0.2, 0) is 11.3 Å². The van der Waals surface area contributed by atoms with Crippen molar-refractivity contribution < 1.29 is 9.18 Å². The molecule has 1 aliphatic heterocycles. The van der Waals surface area contributed by atoms with Gasteiger partial charge in [-0.2, -0.15) is 5.10 Å². The number of rotatable bonds is 5. The average molecular weight is 489 g/mol. The number of halogens is 1. The Hall–Kier alpha value is -3.15. The van der Waals surface area contributed by atoms with E-state index in [-0.39, 0.29) is 18.3 Å². The summed E-state index contributed by atoms with van der Waals surface area (Å²) in [5.41, 5.74) is 6.08. The molecule has 5 rings (SSSR count). The zero-order valence-corrected chi connectivity index (χ0v) is 21.5. The predicted molar refractivity (Wildman–Crippen MR) is 142 cm³/mol. The number of benzene rings is 1. The highest BCUT2D eigenvalue weighted by atomic mass is 19.1. The number of carbonyl (C=O) groups excluding carboxylic acids is 1. The lowest BCUT2D eigenvalue weighted by atomic mass is 9.86. The molecule has 1 saturated heterocycles. The minimum Gasteiger partial charge on any atom is -0.371 e. The summed E-state index contributed by atoms with van der Waals surface area (Å²) in [7, 11) is 0. The van der Waals surface area contributed by atoms with Crippen molar-refractivity contribution in [2.24, 2.45) is 0 Å². The average Bonchev–Trinajstić information content (AvgIpc) is 3.19. The molecule has 3 aliphatic rings. The van der Waals surface area contributed by atoms with Gasteiger partial charge >= 0.3 is 0 Å². The first-order valence-electron chi connectivity index (χ1n) is 13.4. The molecule has 2 aromatic rings. The van der Waals surface area contributed by atoms with Gasteiger partial charge in [0.25, 0.3) is 0 Å². The van der Waals surface area contributed by atoms with Gasteiger partial charge in [-0.1, -0.05) is 37.5 Å². The summed E-state index contributed by atoms with van der Waals surface area (Å²) in [6.07, 6.45) is 15.6. The van der Waals surface area contributed by atoms with Crippen LogP contribution in [0.1, 0.15) is 62.6 Å². The minimum absolute atomic E-state index is 0.127. The third-order valence-corrected chi connectivity index (χ3v) is 7.83. The quantitative estimate of drug-likeness (QED) is 0.520. The number of nitrogens with zero attached hydrogens (tertiary/aromatic N) is 4. The van der Waals surface area contributed by atoms with Gasteiger partial charge in [-0.3, -0.25) is 9.48 Å². The highest BCUT2D eigenvalue weighted by Crippen LogP contribution is 2.35. The van der Waals surface area contributed by atoms with Crippen LogP contribution in [0.25, 0.3) is 11.3 Å². The van der Waals surface area contributed by atoms with E-state index < -0.39 is 0 Å². The largest absolute Gasteiger partial charge is 0.371 e. The van der Waals surface area contributed by atoms with Crippen LogP contribution >= 0.6 is 0 Å². The fourth-order valence-electron chi connectivity index (χ4n) is 5.70. The van der Waals surface area contributed by atoms with Crippen molar-refractivity contribution in [1.82, 2.24) is 19.6 Å². The number of piperazine rings is 1. The van der Waals surface area contributed by atoms with Crippen molar-refractivity contribution in [3.05, 3.63) is 76.9 Å². The van der Waals surface area contributed by atoms with Crippen molar-refractivity contribution in [3.8, 4) is 11.3 Å². The van der Waals surface area contributed by atoms with E-state index >= 15 is 0 Å². The number of amides is 1. The molecule has 0 unspecified atom stereocenters. The first kappa shape index (κ1) is 24.5. The molecule has 1 aromatic carbocycles. The van der Waals surface area contributed by atoms with Crippen LogP contribution in [0, 0.1) is 12.7 Å². The molecule has 0 atom stereocenters. The van der Waals surface area contributed by atoms with E-state index in [2.05, 4.69) is 42.2 Å². The van der Waals surface area contributed by atoms with Gasteiger partial charge in [-0.25, -0.2) is 4.39 Å². The van der Waals surface area contributed by atoms with Crippen LogP contribution in [0.4, 0.5) is 4.39 Å². The second-order valence-electron chi connectivity index (χ2n) is 10.5. The molecule has 36 heavy (non-hydrogen) atoms. The topological polar surface area (TPSA) is 41.4 Å². The monoisotopic (exact) mass is 488 g/mol. The molecule has 6 heteroatoms. The standard InChI is InChI=1S/C30H37FN4O/c1-22-8-6-7-11-26(18-22)33-14-16-34(17-15-33)30(36)21-35-29(24-9-4-3-5-10-24)20-28(32-35)25-12-13-27(31)23(2)19-25/h6-8,12-13,18-20,24H,3-5,9-11,14-17,21H2,1-2H3. The molecule has 2 fully saturated rings. The van der Waals surface area contributed by atoms with Crippen LogP contribution in [0.3, 0.4) is 0 Å². The Morgan fingerprint density at radius 1 is 1.06 bits per heavy atom. The molecule has 2 aliphatic carbocycles. The van der Waals surface area contributed by atoms with Crippen LogP contribution in [0.2, 0.25) is 0 Å². The molecule has 2 heterocycles. The Kier molecular flexibility index (Phi) is 7.40.